The lowest BCUT2D eigenvalue weighted by atomic mass is 9.89. The fourth-order valence-corrected chi connectivity index (χ4v) is 3.37. The summed E-state index contributed by atoms with van der Waals surface area (Å²) in [6.45, 7) is 4.83. The molecular formula is C16H23N3O. The van der Waals surface area contributed by atoms with Crippen LogP contribution in [0.5, 0.6) is 0 Å². The number of fused-ring (bicyclic) bond motifs is 1. The Bertz CT molecular complexity index is 471. The molecule has 0 radical (unpaired) electrons. The van der Waals surface area contributed by atoms with Crippen LogP contribution in [-0.2, 0) is 0 Å². The topological polar surface area (TPSA) is 45.2 Å². The zero-order valence-electron chi connectivity index (χ0n) is 12.1. The summed E-state index contributed by atoms with van der Waals surface area (Å²) in [5.74, 6) is 0.758. The number of rotatable bonds is 1. The van der Waals surface area contributed by atoms with E-state index < -0.39 is 0 Å². The molecule has 1 N–H and O–H groups in total. The van der Waals surface area contributed by atoms with Crippen LogP contribution in [0.25, 0.3) is 0 Å². The summed E-state index contributed by atoms with van der Waals surface area (Å²) >= 11 is 0. The molecular weight excluding hydrogens is 250 g/mol. The van der Waals surface area contributed by atoms with Gasteiger partial charge in [-0.1, -0.05) is 6.42 Å². The van der Waals surface area contributed by atoms with Gasteiger partial charge in [0.1, 0.15) is 0 Å². The van der Waals surface area contributed by atoms with Gasteiger partial charge in [-0.3, -0.25) is 9.78 Å². The van der Waals surface area contributed by atoms with E-state index in [0.717, 1.165) is 37.3 Å². The second-order valence-electron chi connectivity index (χ2n) is 6.04. The molecule has 3 rings (SSSR count). The van der Waals surface area contributed by atoms with Gasteiger partial charge in [0, 0.05) is 31.0 Å². The standard InChI is InChI=1S/C16H23N3O/c1-12-5-6-13(10-18-12)16(20)19-9-7-15-14(11-19)4-2-3-8-17-15/h5-6,10,14-15,17H,2-4,7-9,11H2,1H3/t14-,15+/m0/s1. The molecule has 1 amide bonds. The Kier molecular flexibility index (Phi) is 4.01. The molecule has 0 spiro atoms. The van der Waals surface area contributed by atoms with Crippen molar-refractivity contribution < 1.29 is 4.79 Å². The SMILES string of the molecule is Cc1ccc(C(=O)N2CC[C@H]3NCCCC[C@H]3C2)cn1. The molecule has 4 heteroatoms. The fraction of sp³-hybridized carbons (Fsp3) is 0.625. The van der Waals surface area contributed by atoms with E-state index in [1.807, 2.05) is 24.0 Å². The third kappa shape index (κ3) is 2.85. The number of hydrogen-bond acceptors (Lipinski definition) is 3. The predicted molar refractivity (Wildman–Crippen MR) is 78.6 cm³/mol. The van der Waals surface area contributed by atoms with Crippen molar-refractivity contribution in [1.82, 2.24) is 15.2 Å². The number of piperidine rings is 1. The van der Waals surface area contributed by atoms with Crippen LogP contribution in [-0.4, -0.2) is 41.5 Å². The average Bonchev–Trinajstić information content (AvgIpc) is 2.71. The number of nitrogens with one attached hydrogen (secondary N) is 1. The maximum atomic E-state index is 12.5. The Labute approximate surface area is 120 Å². The normalized spacial score (nSPS) is 26.8. The molecule has 20 heavy (non-hydrogen) atoms. The van der Waals surface area contributed by atoms with Gasteiger partial charge in [0.2, 0.25) is 0 Å². The number of hydrogen-bond donors (Lipinski definition) is 1. The summed E-state index contributed by atoms with van der Waals surface area (Å²) in [5.41, 5.74) is 1.67. The molecule has 0 unspecified atom stereocenters. The van der Waals surface area contributed by atoms with Gasteiger partial charge < -0.3 is 10.2 Å². The summed E-state index contributed by atoms with van der Waals surface area (Å²) in [6, 6.07) is 4.41. The maximum absolute atomic E-state index is 12.5. The number of likely N-dealkylation sites (tertiary alicyclic amines) is 1. The molecule has 1 aromatic heterocycles. The fourth-order valence-electron chi connectivity index (χ4n) is 3.37. The predicted octanol–water partition coefficient (Wildman–Crippen LogP) is 1.99. The Morgan fingerprint density at radius 3 is 3.05 bits per heavy atom. The first-order valence-electron chi connectivity index (χ1n) is 7.69. The number of pyridine rings is 1. The van der Waals surface area contributed by atoms with Crippen LogP contribution < -0.4 is 5.32 Å². The second kappa shape index (κ2) is 5.92. The number of nitrogens with zero attached hydrogens (tertiary/aromatic N) is 2. The van der Waals surface area contributed by atoms with Gasteiger partial charge in [0.25, 0.3) is 5.91 Å². The van der Waals surface area contributed by atoms with E-state index in [1.54, 1.807) is 6.20 Å². The van der Waals surface area contributed by atoms with Crippen LogP contribution in [0.4, 0.5) is 0 Å². The van der Waals surface area contributed by atoms with Crippen molar-refractivity contribution in [2.75, 3.05) is 19.6 Å². The number of aromatic nitrogens is 1. The van der Waals surface area contributed by atoms with Gasteiger partial charge in [-0.15, -0.1) is 0 Å². The molecule has 1 aromatic rings. The zero-order chi connectivity index (χ0) is 13.9. The molecule has 4 nitrogen and oxygen atoms in total. The summed E-state index contributed by atoms with van der Waals surface area (Å²) in [5, 5.41) is 3.64. The molecule has 108 valence electrons. The van der Waals surface area contributed by atoms with E-state index in [-0.39, 0.29) is 5.91 Å². The molecule has 0 saturated carbocycles. The molecule has 2 saturated heterocycles. The molecule has 0 bridgehead atoms. The van der Waals surface area contributed by atoms with Crippen LogP contribution in [0.1, 0.15) is 41.7 Å². The molecule has 3 heterocycles. The second-order valence-corrected chi connectivity index (χ2v) is 6.04. The lowest BCUT2D eigenvalue weighted by Crippen LogP contribution is -2.50. The Morgan fingerprint density at radius 2 is 2.25 bits per heavy atom. The minimum Gasteiger partial charge on any atom is -0.338 e. The van der Waals surface area contributed by atoms with Crippen molar-refractivity contribution in [3.63, 3.8) is 0 Å². The Morgan fingerprint density at radius 1 is 1.35 bits per heavy atom. The highest BCUT2D eigenvalue weighted by Gasteiger charge is 2.32. The first-order valence-corrected chi connectivity index (χ1v) is 7.69. The summed E-state index contributed by atoms with van der Waals surface area (Å²) in [6.07, 6.45) is 6.57. The average molecular weight is 273 g/mol. The summed E-state index contributed by atoms with van der Waals surface area (Å²) < 4.78 is 0. The van der Waals surface area contributed by atoms with Crippen LogP contribution in [0, 0.1) is 12.8 Å². The summed E-state index contributed by atoms with van der Waals surface area (Å²) in [4.78, 5) is 18.8. The van der Waals surface area contributed by atoms with E-state index in [1.165, 1.54) is 19.3 Å². The zero-order valence-corrected chi connectivity index (χ0v) is 12.1. The lowest BCUT2D eigenvalue weighted by Gasteiger charge is -2.38. The van der Waals surface area contributed by atoms with Gasteiger partial charge >= 0.3 is 0 Å². The third-order valence-electron chi connectivity index (χ3n) is 4.59. The monoisotopic (exact) mass is 273 g/mol. The van der Waals surface area contributed by atoms with E-state index >= 15 is 0 Å². The first kappa shape index (κ1) is 13.6. The number of aryl methyl sites for hydroxylation is 1. The molecule has 0 aliphatic carbocycles. The van der Waals surface area contributed by atoms with Gasteiger partial charge in [-0.25, -0.2) is 0 Å². The minimum atomic E-state index is 0.139. The quantitative estimate of drug-likeness (QED) is 0.851. The highest BCUT2D eigenvalue weighted by atomic mass is 16.2. The van der Waals surface area contributed by atoms with Crippen molar-refractivity contribution in [3.05, 3.63) is 29.6 Å². The largest absolute Gasteiger partial charge is 0.338 e. The Balaban J connectivity index is 1.68. The number of carbonyl (C=O) groups excluding carboxylic acids is 1. The van der Waals surface area contributed by atoms with E-state index in [0.29, 0.717) is 12.0 Å². The van der Waals surface area contributed by atoms with Crippen molar-refractivity contribution in [2.24, 2.45) is 5.92 Å². The molecule has 2 aliphatic rings. The van der Waals surface area contributed by atoms with Gasteiger partial charge in [-0.2, -0.15) is 0 Å². The van der Waals surface area contributed by atoms with Crippen molar-refractivity contribution in [2.45, 2.75) is 38.6 Å². The summed E-state index contributed by atoms with van der Waals surface area (Å²) in [7, 11) is 0. The molecule has 0 aromatic carbocycles. The van der Waals surface area contributed by atoms with Crippen LogP contribution >= 0.6 is 0 Å². The molecule has 2 fully saturated rings. The minimum absolute atomic E-state index is 0.139. The van der Waals surface area contributed by atoms with Gasteiger partial charge in [-0.05, 0) is 50.8 Å². The van der Waals surface area contributed by atoms with E-state index in [9.17, 15) is 4.79 Å². The highest BCUT2D eigenvalue weighted by molar-refractivity contribution is 5.94. The van der Waals surface area contributed by atoms with Crippen LogP contribution in [0.3, 0.4) is 0 Å². The van der Waals surface area contributed by atoms with Crippen molar-refractivity contribution in [1.29, 1.82) is 0 Å². The Hall–Kier alpha value is -1.42. The maximum Gasteiger partial charge on any atom is 0.255 e. The number of amides is 1. The smallest absolute Gasteiger partial charge is 0.255 e. The number of carbonyl (C=O) groups is 1. The molecule has 2 aliphatic heterocycles. The van der Waals surface area contributed by atoms with Crippen molar-refractivity contribution in [3.8, 4) is 0 Å². The lowest BCUT2D eigenvalue weighted by molar-refractivity contribution is 0.0631. The third-order valence-corrected chi connectivity index (χ3v) is 4.59. The van der Waals surface area contributed by atoms with Gasteiger partial charge in [0.15, 0.2) is 0 Å². The first-order chi connectivity index (χ1) is 9.74. The molecule has 2 atom stereocenters. The van der Waals surface area contributed by atoms with E-state index in [2.05, 4.69) is 10.3 Å². The highest BCUT2D eigenvalue weighted by Crippen LogP contribution is 2.25. The van der Waals surface area contributed by atoms with Crippen LogP contribution in [0.15, 0.2) is 18.3 Å². The van der Waals surface area contributed by atoms with Crippen molar-refractivity contribution >= 4 is 5.91 Å². The van der Waals surface area contributed by atoms with Crippen LogP contribution in [0.2, 0.25) is 0 Å². The van der Waals surface area contributed by atoms with Gasteiger partial charge in [0.05, 0.1) is 5.56 Å². The van der Waals surface area contributed by atoms with E-state index in [4.69, 9.17) is 0 Å².